The van der Waals surface area contributed by atoms with Crippen LogP contribution in [0.25, 0.3) is 0 Å². The highest BCUT2D eigenvalue weighted by Gasteiger charge is 2.49. The molecule has 0 spiro atoms. The molecule has 0 saturated carbocycles. The minimum atomic E-state index is -4.38. The van der Waals surface area contributed by atoms with Gasteiger partial charge in [-0.05, 0) is 27.8 Å². The molecular formula is C15H24F3N3O2. The Bertz CT molecular complexity index is 481. The molecule has 132 valence electrons. The van der Waals surface area contributed by atoms with Gasteiger partial charge in [0.25, 0.3) is 0 Å². The number of amides is 2. The van der Waals surface area contributed by atoms with Crippen molar-refractivity contribution >= 4 is 11.8 Å². The molecule has 3 unspecified atom stereocenters. The molecule has 0 aromatic heterocycles. The van der Waals surface area contributed by atoms with Gasteiger partial charge in [-0.15, -0.1) is 0 Å². The van der Waals surface area contributed by atoms with Crippen molar-refractivity contribution in [3.8, 4) is 0 Å². The van der Waals surface area contributed by atoms with Crippen molar-refractivity contribution in [2.24, 2.45) is 5.92 Å². The molecular weight excluding hydrogens is 311 g/mol. The second kappa shape index (κ2) is 6.30. The lowest BCUT2D eigenvalue weighted by atomic mass is 10.0. The van der Waals surface area contributed by atoms with Crippen LogP contribution in [0.4, 0.5) is 13.2 Å². The highest BCUT2D eigenvalue weighted by molar-refractivity contribution is 5.89. The van der Waals surface area contributed by atoms with E-state index in [0.717, 1.165) is 0 Å². The number of carbonyl (C=O) groups excluding carboxylic acids is 2. The first-order valence-corrected chi connectivity index (χ1v) is 7.89. The summed E-state index contributed by atoms with van der Waals surface area (Å²) in [6.07, 6.45) is -4.29. The fourth-order valence-electron chi connectivity index (χ4n) is 3.34. The van der Waals surface area contributed by atoms with Gasteiger partial charge in [0.05, 0.1) is 5.92 Å². The van der Waals surface area contributed by atoms with Crippen LogP contribution in [0.1, 0.15) is 27.2 Å². The second-order valence-electron chi connectivity index (χ2n) is 6.86. The lowest BCUT2D eigenvalue weighted by molar-refractivity contribution is -0.201. The number of rotatable bonds is 2. The van der Waals surface area contributed by atoms with Gasteiger partial charge in [0.15, 0.2) is 0 Å². The van der Waals surface area contributed by atoms with E-state index in [1.54, 1.807) is 11.8 Å². The number of alkyl halides is 3. The first kappa shape index (κ1) is 18.0. The summed E-state index contributed by atoms with van der Waals surface area (Å²) in [5, 5.41) is 0. The van der Waals surface area contributed by atoms with E-state index in [-0.39, 0.29) is 43.4 Å². The van der Waals surface area contributed by atoms with E-state index in [4.69, 9.17) is 0 Å². The maximum absolute atomic E-state index is 13.2. The minimum absolute atomic E-state index is 0.00497. The van der Waals surface area contributed by atoms with Gasteiger partial charge in [0, 0.05) is 38.1 Å². The van der Waals surface area contributed by atoms with E-state index in [9.17, 15) is 22.8 Å². The van der Waals surface area contributed by atoms with Crippen molar-refractivity contribution in [2.75, 3.05) is 26.7 Å². The summed E-state index contributed by atoms with van der Waals surface area (Å²) < 4.78 is 39.5. The van der Waals surface area contributed by atoms with Gasteiger partial charge in [-0.25, -0.2) is 0 Å². The van der Waals surface area contributed by atoms with Crippen LogP contribution in [0.5, 0.6) is 0 Å². The van der Waals surface area contributed by atoms with Crippen LogP contribution >= 0.6 is 0 Å². The molecule has 0 aliphatic carbocycles. The third kappa shape index (κ3) is 3.62. The molecule has 0 N–H and O–H groups in total. The smallest absolute Gasteiger partial charge is 0.339 e. The largest absolute Gasteiger partial charge is 0.405 e. The average molecular weight is 335 g/mol. The van der Waals surface area contributed by atoms with E-state index in [2.05, 4.69) is 0 Å². The number of hydrogen-bond acceptors (Lipinski definition) is 3. The van der Waals surface area contributed by atoms with Crippen molar-refractivity contribution in [1.82, 2.24) is 14.7 Å². The summed E-state index contributed by atoms with van der Waals surface area (Å²) in [7, 11) is 1.43. The van der Waals surface area contributed by atoms with E-state index in [1.165, 1.54) is 16.8 Å². The molecule has 0 aromatic carbocycles. The Labute approximate surface area is 134 Å². The molecule has 23 heavy (non-hydrogen) atoms. The summed E-state index contributed by atoms with van der Waals surface area (Å²) in [4.78, 5) is 28.7. The lowest BCUT2D eigenvalue weighted by Crippen LogP contribution is -2.62. The minimum Gasteiger partial charge on any atom is -0.339 e. The fraction of sp³-hybridized carbons (Fsp3) is 0.867. The van der Waals surface area contributed by atoms with Crippen LogP contribution in [0, 0.1) is 5.92 Å². The Hall–Kier alpha value is -1.31. The van der Waals surface area contributed by atoms with Crippen LogP contribution in [0.15, 0.2) is 0 Å². The fourth-order valence-corrected chi connectivity index (χ4v) is 3.34. The number of nitrogens with zero attached hydrogens (tertiary/aromatic N) is 3. The van der Waals surface area contributed by atoms with Crippen molar-refractivity contribution in [1.29, 1.82) is 0 Å². The molecule has 2 amide bonds. The third-order valence-corrected chi connectivity index (χ3v) is 4.89. The predicted octanol–water partition coefficient (Wildman–Crippen LogP) is 1.34. The highest BCUT2D eigenvalue weighted by Crippen LogP contribution is 2.31. The normalized spacial score (nSPS) is 30.4. The number of likely N-dealkylation sites (N-methyl/N-ethyl adjacent to an activating group) is 1. The Morgan fingerprint density at radius 1 is 1.22 bits per heavy atom. The SMILES string of the molecule is CC(C)N1CC(C(=O)N2CC(C)N(C)C(C(F)(F)F)C2)CC1=O. The van der Waals surface area contributed by atoms with Crippen LogP contribution in [0.3, 0.4) is 0 Å². The molecule has 5 nitrogen and oxygen atoms in total. The molecule has 2 aliphatic rings. The zero-order valence-corrected chi connectivity index (χ0v) is 13.9. The van der Waals surface area contributed by atoms with E-state index < -0.39 is 18.1 Å². The molecule has 0 bridgehead atoms. The molecule has 0 aromatic rings. The average Bonchev–Trinajstić information content (AvgIpc) is 2.81. The zero-order valence-electron chi connectivity index (χ0n) is 13.9. The molecule has 2 aliphatic heterocycles. The zero-order chi connectivity index (χ0) is 17.5. The number of likely N-dealkylation sites (tertiary alicyclic amines) is 1. The summed E-state index contributed by atoms with van der Waals surface area (Å²) in [6, 6.07) is -2.04. The summed E-state index contributed by atoms with van der Waals surface area (Å²) in [5.41, 5.74) is 0. The molecule has 8 heteroatoms. The first-order chi connectivity index (χ1) is 10.5. The second-order valence-corrected chi connectivity index (χ2v) is 6.86. The quantitative estimate of drug-likeness (QED) is 0.765. The number of carbonyl (C=O) groups is 2. The monoisotopic (exact) mass is 335 g/mol. The van der Waals surface area contributed by atoms with Gasteiger partial charge < -0.3 is 9.80 Å². The van der Waals surface area contributed by atoms with Crippen molar-refractivity contribution in [3.05, 3.63) is 0 Å². The van der Waals surface area contributed by atoms with Gasteiger partial charge >= 0.3 is 6.18 Å². The third-order valence-electron chi connectivity index (χ3n) is 4.89. The van der Waals surface area contributed by atoms with Gasteiger partial charge in [0.2, 0.25) is 11.8 Å². The molecule has 2 heterocycles. The first-order valence-electron chi connectivity index (χ1n) is 7.89. The summed E-state index contributed by atoms with van der Waals surface area (Å²) in [6.45, 7) is 5.60. The maximum atomic E-state index is 13.2. The molecule has 2 saturated heterocycles. The van der Waals surface area contributed by atoms with Gasteiger partial charge in [-0.2, -0.15) is 13.2 Å². The molecule has 2 fully saturated rings. The van der Waals surface area contributed by atoms with Crippen LogP contribution in [-0.4, -0.2) is 77.5 Å². The summed E-state index contributed by atoms with van der Waals surface area (Å²) in [5.74, 6) is -0.974. The molecule has 0 radical (unpaired) electrons. The lowest BCUT2D eigenvalue weighted by Gasteiger charge is -2.44. The van der Waals surface area contributed by atoms with Gasteiger partial charge in [-0.1, -0.05) is 0 Å². The van der Waals surface area contributed by atoms with Gasteiger partial charge in [0.1, 0.15) is 6.04 Å². The maximum Gasteiger partial charge on any atom is 0.405 e. The number of halogens is 3. The number of piperazine rings is 1. The van der Waals surface area contributed by atoms with Crippen molar-refractivity contribution in [3.63, 3.8) is 0 Å². The highest BCUT2D eigenvalue weighted by atomic mass is 19.4. The standard InChI is InChI=1S/C15H24F3N3O2/c1-9(2)21-7-11(5-13(21)22)14(23)20-6-10(3)19(4)12(8-20)15(16,17)18/h9-12H,5-8H2,1-4H3. The predicted molar refractivity (Wildman–Crippen MR) is 78.6 cm³/mol. The number of hydrogen-bond donors (Lipinski definition) is 0. The van der Waals surface area contributed by atoms with E-state index in [0.29, 0.717) is 6.54 Å². The Morgan fingerprint density at radius 3 is 2.30 bits per heavy atom. The Morgan fingerprint density at radius 2 is 1.83 bits per heavy atom. The summed E-state index contributed by atoms with van der Waals surface area (Å²) >= 11 is 0. The van der Waals surface area contributed by atoms with Crippen LogP contribution < -0.4 is 0 Å². The topological polar surface area (TPSA) is 43.9 Å². The van der Waals surface area contributed by atoms with Crippen LogP contribution in [0.2, 0.25) is 0 Å². The van der Waals surface area contributed by atoms with E-state index >= 15 is 0 Å². The van der Waals surface area contributed by atoms with Crippen molar-refractivity contribution in [2.45, 2.75) is 51.5 Å². The van der Waals surface area contributed by atoms with Crippen LogP contribution in [-0.2, 0) is 9.59 Å². The van der Waals surface area contributed by atoms with Crippen molar-refractivity contribution < 1.29 is 22.8 Å². The van der Waals surface area contributed by atoms with Gasteiger partial charge in [-0.3, -0.25) is 14.5 Å². The Kier molecular flexibility index (Phi) is 4.94. The van der Waals surface area contributed by atoms with E-state index in [1.807, 2.05) is 13.8 Å². The Balaban J connectivity index is 2.09. The molecule has 3 atom stereocenters. The molecule has 2 rings (SSSR count).